The van der Waals surface area contributed by atoms with Crippen molar-refractivity contribution in [1.29, 1.82) is 0 Å². The highest BCUT2D eigenvalue weighted by Gasteiger charge is 2.34. The van der Waals surface area contributed by atoms with Crippen molar-refractivity contribution in [2.24, 2.45) is 0 Å². The van der Waals surface area contributed by atoms with Gasteiger partial charge in [-0.05, 0) is 59.5 Å². The molecule has 44 heavy (non-hydrogen) atoms. The van der Waals surface area contributed by atoms with Gasteiger partial charge in [-0.2, -0.15) is 0 Å². The minimum atomic E-state index is -0.400. The number of aryl methyl sites for hydroxylation is 1. The van der Waals surface area contributed by atoms with Crippen molar-refractivity contribution in [1.82, 2.24) is 19.4 Å². The van der Waals surface area contributed by atoms with E-state index in [1.165, 1.54) is 4.90 Å². The molecule has 2 amide bonds. The first kappa shape index (κ1) is 29.3. The van der Waals surface area contributed by atoms with E-state index in [1.54, 1.807) is 18.8 Å². The van der Waals surface area contributed by atoms with Gasteiger partial charge in [-0.25, -0.2) is 4.79 Å². The molecule has 230 valence electrons. The normalized spacial score (nSPS) is 17.3. The summed E-state index contributed by atoms with van der Waals surface area (Å²) in [7, 11) is 3.20. The van der Waals surface area contributed by atoms with Crippen LogP contribution in [0.3, 0.4) is 0 Å². The highest BCUT2D eigenvalue weighted by atomic mass is 16.5. The van der Waals surface area contributed by atoms with Crippen LogP contribution in [0.25, 0.3) is 11.0 Å². The number of rotatable bonds is 5. The third-order valence-electron chi connectivity index (χ3n) is 8.30. The maximum absolute atomic E-state index is 14.1. The molecule has 0 fully saturated rings. The Balaban J connectivity index is 1.30. The molecular formula is C33H36N4O7. The van der Waals surface area contributed by atoms with E-state index in [0.29, 0.717) is 48.9 Å². The maximum Gasteiger partial charge on any atom is 0.326 e. The highest BCUT2D eigenvalue weighted by molar-refractivity contribution is 5.86. The summed E-state index contributed by atoms with van der Waals surface area (Å²) < 4.78 is 24.4. The molecule has 0 saturated heterocycles. The number of ether oxygens (including phenoxy) is 4. The number of fused-ring (bicyclic) bond motifs is 12. The number of para-hydroxylation sites is 2. The van der Waals surface area contributed by atoms with E-state index >= 15 is 0 Å². The fraction of sp³-hybridized carbons (Fsp3) is 0.364. The van der Waals surface area contributed by atoms with Gasteiger partial charge in [-0.15, -0.1) is 0 Å². The lowest BCUT2D eigenvalue weighted by atomic mass is 9.87. The predicted molar refractivity (Wildman–Crippen MR) is 163 cm³/mol. The van der Waals surface area contributed by atoms with Gasteiger partial charge in [-0.1, -0.05) is 24.3 Å². The number of nitrogens with one attached hydrogen (secondary N) is 1. The third-order valence-corrected chi connectivity index (χ3v) is 8.30. The molecule has 4 aromatic rings. The first-order valence-electron chi connectivity index (χ1n) is 14.8. The zero-order valence-electron chi connectivity index (χ0n) is 24.9. The number of H-pyrrole nitrogens is 1. The van der Waals surface area contributed by atoms with Crippen LogP contribution >= 0.6 is 0 Å². The zero-order valence-corrected chi connectivity index (χ0v) is 24.9. The first-order chi connectivity index (χ1) is 21.5. The quantitative estimate of drug-likeness (QED) is 0.350. The van der Waals surface area contributed by atoms with Gasteiger partial charge in [0, 0.05) is 26.1 Å². The first-order valence-corrected chi connectivity index (χ1v) is 14.8. The molecule has 4 heterocycles. The van der Waals surface area contributed by atoms with Crippen molar-refractivity contribution < 1.29 is 28.5 Å². The Morgan fingerprint density at radius 2 is 1.73 bits per heavy atom. The number of nitrogens with zero attached hydrogens (tertiary/aromatic N) is 3. The van der Waals surface area contributed by atoms with E-state index in [9.17, 15) is 14.4 Å². The summed E-state index contributed by atoms with van der Waals surface area (Å²) in [5, 5.41) is 0. The molecule has 1 unspecified atom stereocenters. The lowest BCUT2D eigenvalue weighted by Crippen LogP contribution is -2.48. The molecule has 3 aliphatic heterocycles. The molecular weight excluding hydrogens is 564 g/mol. The van der Waals surface area contributed by atoms with Gasteiger partial charge in [0.1, 0.15) is 12.4 Å². The van der Waals surface area contributed by atoms with E-state index < -0.39 is 6.04 Å². The summed E-state index contributed by atoms with van der Waals surface area (Å²) in [6.07, 6.45) is 0.683. The van der Waals surface area contributed by atoms with E-state index in [2.05, 4.69) is 4.98 Å². The lowest BCUT2D eigenvalue weighted by Gasteiger charge is -2.39. The molecule has 1 N–H and O–H groups in total. The van der Waals surface area contributed by atoms with Crippen LogP contribution in [0.5, 0.6) is 17.2 Å². The minimum Gasteiger partial charge on any atom is -0.493 e. The Morgan fingerprint density at radius 1 is 0.955 bits per heavy atom. The number of hydrogen-bond donors (Lipinski definition) is 1. The van der Waals surface area contributed by atoms with Crippen molar-refractivity contribution in [3.8, 4) is 17.2 Å². The fourth-order valence-electron chi connectivity index (χ4n) is 6.06. The Morgan fingerprint density at radius 3 is 2.52 bits per heavy atom. The molecule has 3 aromatic carbocycles. The van der Waals surface area contributed by atoms with Crippen LogP contribution in [0.4, 0.5) is 0 Å². The van der Waals surface area contributed by atoms with Gasteiger partial charge >= 0.3 is 5.69 Å². The second kappa shape index (κ2) is 12.8. The maximum atomic E-state index is 14.1. The number of aromatic nitrogens is 2. The number of methoxy groups -OCH3 is 2. The molecule has 11 nitrogen and oxygen atoms in total. The fourth-order valence-corrected chi connectivity index (χ4v) is 6.06. The van der Waals surface area contributed by atoms with Crippen LogP contribution in [0.1, 0.15) is 29.2 Å². The smallest absolute Gasteiger partial charge is 0.326 e. The van der Waals surface area contributed by atoms with Crippen LogP contribution in [-0.4, -0.2) is 84.8 Å². The van der Waals surface area contributed by atoms with E-state index in [0.717, 1.165) is 22.2 Å². The Kier molecular flexibility index (Phi) is 8.56. The number of hydrogen-bond acceptors (Lipinski definition) is 7. The van der Waals surface area contributed by atoms with E-state index in [1.807, 2.05) is 65.6 Å². The van der Waals surface area contributed by atoms with Crippen molar-refractivity contribution in [2.45, 2.75) is 25.4 Å². The summed E-state index contributed by atoms with van der Waals surface area (Å²) in [5.41, 5.74) is 4.10. The second-order valence-corrected chi connectivity index (χ2v) is 10.8. The van der Waals surface area contributed by atoms with Gasteiger partial charge in [-0.3, -0.25) is 14.2 Å². The van der Waals surface area contributed by atoms with Crippen LogP contribution in [0, 0.1) is 0 Å². The van der Waals surface area contributed by atoms with Gasteiger partial charge < -0.3 is 33.7 Å². The minimum absolute atomic E-state index is 0.0581. The van der Waals surface area contributed by atoms with Crippen molar-refractivity contribution in [2.75, 3.05) is 53.7 Å². The van der Waals surface area contributed by atoms with Gasteiger partial charge in [0.2, 0.25) is 11.8 Å². The number of imidazole rings is 1. The monoisotopic (exact) mass is 600 g/mol. The summed E-state index contributed by atoms with van der Waals surface area (Å²) in [6, 6.07) is 18.6. The molecule has 3 aliphatic rings. The molecule has 7 rings (SSSR count). The average molecular weight is 601 g/mol. The molecule has 0 saturated carbocycles. The van der Waals surface area contributed by atoms with E-state index in [-0.39, 0.29) is 50.2 Å². The summed E-state index contributed by atoms with van der Waals surface area (Å²) >= 11 is 0. The molecule has 11 heteroatoms. The summed E-state index contributed by atoms with van der Waals surface area (Å²) in [5.74, 6) is 1.51. The van der Waals surface area contributed by atoms with Crippen LogP contribution in [0.15, 0.2) is 65.5 Å². The van der Waals surface area contributed by atoms with Gasteiger partial charge in [0.25, 0.3) is 0 Å². The number of benzene rings is 3. The predicted octanol–water partition coefficient (Wildman–Crippen LogP) is 3.15. The number of carbonyl (C=O) groups is 2. The number of amides is 2. The van der Waals surface area contributed by atoms with Crippen LogP contribution < -0.4 is 19.9 Å². The van der Waals surface area contributed by atoms with Gasteiger partial charge in [0.05, 0.1) is 51.1 Å². The SMILES string of the molecule is COc1cc2c(cc1OC)C1c3ccc(cc3)OCCOCCN(C(=O)CCn3c(=O)[nH]c4ccccc43)CC(=O)N1CC2. The summed E-state index contributed by atoms with van der Waals surface area (Å²) in [4.78, 5) is 46.5. The molecule has 1 aromatic heterocycles. The van der Waals surface area contributed by atoms with Gasteiger partial charge in [0.15, 0.2) is 11.5 Å². The van der Waals surface area contributed by atoms with Crippen molar-refractivity contribution in [3.63, 3.8) is 0 Å². The molecule has 1 atom stereocenters. The Labute approximate surface area is 254 Å². The molecule has 0 radical (unpaired) electrons. The summed E-state index contributed by atoms with van der Waals surface area (Å²) in [6.45, 7) is 1.71. The standard InChI is InChI=1S/C33H36N4O7/c1-41-28-19-23-11-13-37-31(39)21-35(30(38)12-14-36-27-6-4-3-5-26(27)34-33(36)40)15-16-43-17-18-44-24-9-7-22(8-10-24)32(37)25(23)20-29(28)42-2/h3-10,19-20,32H,11-18,21H2,1-2H3,(H,34,40). The number of carbonyl (C=O) groups excluding carboxylic acids is 2. The lowest BCUT2D eigenvalue weighted by molar-refractivity contribution is -0.142. The van der Waals surface area contributed by atoms with Crippen molar-refractivity contribution in [3.05, 3.63) is 87.8 Å². The molecule has 0 spiro atoms. The highest BCUT2D eigenvalue weighted by Crippen LogP contribution is 2.41. The van der Waals surface area contributed by atoms with Crippen molar-refractivity contribution >= 4 is 22.8 Å². The molecule has 2 bridgehead atoms. The second-order valence-electron chi connectivity index (χ2n) is 10.8. The van der Waals surface area contributed by atoms with Crippen LogP contribution in [-0.2, 0) is 27.3 Å². The average Bonchev–Trinajstić information content (AvgIpc) is 3.37. The number of aromatic amines is 1. The van der Waals surface area contributed by atoms with E-state index in [4.69, 9.17) is 18.9 Å². The Bertz CT molecular complexity index is 1710. The van der Waals surface area contributed by atoms with Crippen LogP contribution in [0.2, 0.25) is 0 Å². The largest absolute Gasteiger partial charge is 0.493 e. The third kappa shape index (κ3) is 5.87. The molecule has 0 aliphatic carbocycles. The zero-order chi connectivity index (χ0) is 30.6. The topological polar surface area (TPSA) is 115 Å². The Hall–Kier alpha value is -4.77.